The van der Waals surface area contributed by atoms with Gasteiger partial charge in [0.25, 0.3) is 0 Å². The molecule has 0 spiro atoms. The number of fused-ring (bicyclic) bond motifs is 1. The molecular formula is C17H24N4O3. The molecule has 1 aromatic carbocycles. The fraction of sp³-hybridized carbons (Fsp3) is 0.529. The molecule has 2 atom stereocenters. The van der Waals surface area contributed by atoms with Crippen molar-refractivity contribution in [3.05, 3.63) is 34.7 Å². The zero-order valence-electron chi connectivity index (χ0n) is 13.9. The minimum absolute atomic E-state index is 0.164. The highest BCUT2D eigenvalue weighted by Crippen LogP contribution is 2.25. The van der Waals surface area contributed by atoms with Crippen LogP contribution in [0.15, 0.2) is 29.1 Å². The number of nitrogens with zero attached hydrogens (tertiary/aromatic N) is 2. The van der Waals surface area contributed by atoms with E-state index in [1.165, 1.54) is 0 Å². The van der Waals surface area contributed by atoms with Crippen molar-refractivity contribution in [2.45, 2.75) is 31.9 Å². The average Bonchev–Trinajstić information content (AvgIpc) is 3.11. The maximum atomic E-state index is 12.2. The molecule has 3 N–H and O–H groups in total. The first-order chi connectivity index (χ1) is 11.6. The second kappa shape index (κ2) is 7.09. The number of aliphatic hydroxyl groups is 1. The molecule has 2 amide bonds. The molecule has 2 aromatic rings. The molecule has 24 heavy (non-hydrogen) atoms. The van der Waals surface area contributed by atoms with Gasteiger partial charge < -0.3 is 20.3 Å². The van der Waals surface area contributed by atoms with Crippen LogP contribution in [0.1, 0.15) is 19.3 Å². The summed E-state index contributed by atoms with van der Waals surface area (Å²) in [5.41, 5.74) is 1.45. The summed E-state index contributed by atoms with van der Waals surface area (Å²) in [5, 5.41) is 12.7. The molecule has 1 heterocycles. The fourth-order valence-electron chi connectivity index (χ4n) is 3.40. The Morgan fingerprint density at radius 2 is 2.21 bits per heavy atom. The second-order valence-corrected chi connectivity index (χ2v) is 6.47. The van der Waals surface area contributed by atoms with Gasteiger partial charge in [-0.25, -0.2) is 9.59 Å². The van der Waals surface area contributed by atoms with Crippen molar-refractivity contribution >= 4 is 17.1 Å². The number of hydrogen-bond donors (Lipinski definition) is 3. The van der Waals surface area contributed by atoms with Crippen LogP contribution < -0.4 is 11.0 Å². The summed E-state index contributed by atoms with van der Waals surface area (Å²) >= 11 is 0. The van der Waals surface area contributed by atoms with Crippen molar-refractivity contribution in [1.29, 1.82) is 0 Å². The van der Waals surface area contributed by atoms with E-state index in [1.807, 2.05) is 24.3 Å². The monoisotopic (exact) mass is 332 g/mol. The van der Waals surface area contributed by atoms with Crippen LogP contribution in [-0.4, -0.2) is 51.8 Å². The number of aliphatic hydroxyl groups excluding tert-OH is 1. The summed E-state index contributed by atoms with van der Waals surface area (Å²) in [4.78, 5) is 28.5. The van der Waals surface area contributed by atoms with E-state index in [0.717, 1.165) is 30.3 Å². The third-order valence-electron chi connectivity index (χ3n) is 4.77. The van der Waals surface area contributed by atoms with Crippen molar-refractivity contribution < 1.29 is 9.90 Å². The Bertz CT molecular complexity index is 767. The van der Waals surface area contributed by atoms with Crippen molar-refractivity contribution in [2.75, 3.05) is 20.1 Å². The quantitative estimate of drug-likeness (QED) is 0.767. The number of imidazole rings is 1. The lowest BCUT2D eigenvalue weighted by molar-refractivity contribution is 0.114. The lowest BCUT2D eigenvalue weighted by atomic mass is 10.1. The summed E-state index contributed by atoms with van der Waals surface area (Å²) in [5.74, 6) is 0.164. The SMILES string of the molecule is CN(CC1CCCC1O)C(=O)NCCn1c(=O)[nH]c2ccccc21. The molecule has 7 heteroatoms. The van der Waals surface area contributed by atoms with Crippen molar-refractivity contribution in [2.24, 2.45) is 5.92 Å². The van der Waals surface area contributed by atoms with Crippen molar-refractivity contribution in [3.8, 4) is 0 Å². The lowest BCUT2D eigenvalue weighted by Crippen LogP contribution is -2.42. The number of aromatic nitrogens is 2. The number of carbonyl (C=O) groups is 1. The summed E-state index contributed by atoms with van der Waals surface area (Å²) in [6.45, 7) is 1.34. The zero-order valence-corrected chi connectivity index (χ0v) is 13.9. The molecular weight excluding hydrogens is 308 g/mol. The van der Waals surface area contributed by atoms with E-state index in [4.69, 9.17) is 0 Å². The molecule has 7 nitrogen and oxygen atoms in total. The Hall–Kier alpha value is -2.28. The maximum Gasteiger partial charge on any atom is 0.326 e. The number of H-pyrrole nitrogens is 1. The van der Waals surface area contributed by atoms with E-state index in [2.05, 4.69) is 10.3 Å². The molecule has 0 bridgehead atoms. The summed E-state index contributed by atoms with van der Waals surface area (Å²) in [7, 11) is 1.73. The average molecular weight is 332 g/mol. The van der Waals surface area contributed by atoms with Gasteiger partial charge in [-0.2, -0.15) is 0 Å². The van der Waals surface area contributed by atoms with Crippen molar-refractivity contribution in [1.82, 2.24) is 19.8 Å². The van der Waals surface area contributed by atoms with Gasteiger partial charge in [0.1, 0.15) is 0 Å². The number of aromatic amines is 1. The molecule has 1 aliphatic rings. The highest BCUT2D eigenvalue weighted by molar-refractivity contribution is 5.75. The number of amides is 2. The van der Waals surface area contributed by atoms with Crippen LogP contribution in [0.25, 0.3) is 11.0 Å². The van der Waals surface area contributed by atoms with E-state index in [0.29, 0.717) is 19.6 Å². The van der Waals surface area contributed by atoms with Gasteiger partial charge in [0.2, 0.25) is 0 Å². The third-order valence-corrected chi connectivity index (χ3v) is 4.77. The number of carbonyl (C=O) groups excluding carboxylic acids is 1. The van der Waals surface area contributed by atoms with Gasteiger partial charge in [-0.3, -0.25) is 4.57 Å². The smallest absolute Gasteiger partial charge is 0.326 e. The zero-order chi connectivity index (χ0) is 17.1. The normalized spacial score (nSPS) is 20.4. The molecule has 0 saturated heterocycles. The van der Waals surface area contributed by atoms with Gasteiger partial charge in [0, 0.05) is 32.6 Å². The van der Waals surface area contributed by atoms with E-state index in [1.54, 1.807) is 16.5 Å². The third kappa shape index (κ3) is 3.46. The van der Waals surface area contributed by atoms with Gasteiger partial charge >= 0.3 is 11.7 Å². The molecule has 130 valence electrons. The standard InChI is InChI=1S/C17H24N4O3/c1-20(11-12-5-4-8-15(12)22)16(23)18-9-10-21-14-7-3-2-6-13(14)19-17(21)24/h2-3,6-7,12,15,22H,4-5,8-11H2,1H3,(H,18,23)(H,19,24). The minimum atomic E-state index is -0.301. The lowest BCUT2D eigenvalue weighted by Gasteiger charge is -2.23. The highest BCUT2D eigenvalue weighted by atomic mass is 16.3. The largest absolute Gasteiger partial charge is 0.393 e. The predicted octanol–water partition coefficient (Wildman–Crippen LogP) is 1.13. The minimum Gasteiger partial charge on any atom is -0.393 e. The highest BCUT2D eigenvalue weighted by Gasteiger charge is 2.27. The number of benzene rings is 1. The van der Waals surface area contributed by atoms with Gasteiger partial charge in [-0.05, 0) is 25.0 Å². The second-order valence-electron chi connectivity index (χ2n) is 6.47. The molecule has 1 aromatic heterocycles. The van der Waals surface area contributed by atoms with E-state index in [-0.39, 0.29) is 23.7 Å². The number of para-hydroxylation sites is 2. The summed E-state index contributed by atoms with van der Waals surface area (Å²) in [6.07, 6.45) is 2.50. The topological polar surface area (TPSA) is 90.4 Å². The molecule has 0 radical (unpaired) electrons. The molecule has 0 aliphatic heterocycles. The Balaban J connectivity index is 1.52. The first kappa shape index (κ1) is 16.6. The van der Waals surface area contributed by atoms with E-state index in [9.17, 15) is 14.7 Å². The Labute approximate surface area is 140 Å². The molecule has 1 fully saturated rings. The van der Waals surface area contributed by atoms with Gasteiger partial charge in [-0.15, -0.1) is 0 Å². The van der Waals surface area contributed by atoms with Crippen LogP contribution >= 0.6 is 0 Å². The van der Waals surface area contributed by atoms with Crippen LogP contribution in [0.5, 0.6) is 0 Å². The van der Waals surface area contributed by atoms with E-state index >= 15 is 0 Å². The van der Waals surface area contributed by atoms with Crippen LogP contribution in [0.2, 0.25) is 0 Å². The summed E-state index contributed by atoms with van der Waals surface area (Å²) in [6, 6.07) is 7.30. The van der Waals surface area contributed by atoms with E-state index < -0.39 is 0 Å². The summed E-state index contributed by atoms with van der Waals surface area (Å²) < 4.78 is 1.62. The Kier molecular flexibility index (Phi) is 4.89. The molecule has 2 unspecified atom stereocenters. The number of rotatable bonds is 5. The first-order valence-electron chi connectivity index (χ1n) is 8.41. The molecule has 3 rings (SSSR count). The maximum absolute atomic E-state index is 12.2. The van der Waals surface area contributed by atoms with Crippen LogP contribution in [0.4, 0.5) is 4.79 Å². The van der Waals surface area contributed by atoms with Crippen LogP contribution in [0.3, 0.4) is 0 Å². The van der Waals surface area contributed by atoms with Gasteiger partial charge in [0.05, 0.1) is 17.1 Å². The van der Waals surface area contributed by atoms with Crippen LogP contribution in [0, 0.1) is 5.92 Å². The Morgan fingerprint density at radius 1 is 1.42 bits per heavy atom. The number of nitrogens with one attached hydrogen (secondary N) is 2. The van der Waals surface area contributed by atoms with Gasteiger partial charge in [0.15, 0.2) is 0 Å². The predicted molar refractivity (Wildman–Crippen MR) is 91.9 cm³/mol. The fourth-order valence-corrected chi connectivity index (χ4v) is 3.40. The Morgan fingerprint density at radius 3 is 2.96 bits per heavy atom. The number of hydrogen-bond acceptors (Lipinski definition) is 3. The van der Waals surface area contributed by atoms with Gasteiger partial charge in [-0.1, -0.05) is 18.6 Å². The number of urea groups is 1. The molecule has 1 saturated carbocycles. The first-order valence-corrected chi connectivity index (χ1v) is 8.41. The van der Waals surface area contributed by atoms with Crippen molar-refractivity contribution in [3.63, 3.8) is 0 Å². The van der Waals surface area contributed by atoms with Crippen LogP contribution in [-0.2, 0) is 6.54 Å². The molecule has 1 aliphatic carbocycles.